The fourth-order valence-electron chi connectivity index (χ4n) is 1.70. The number of carboxylic acid groups (broad SMARTS) is 1. The van der Waals surface area contributed by atoms with E-state index < -0.39 is 17.6 Å². The average molecular weight is 294 g/mol. The van der Waals surface area contributed by atoms with Gasteiger partial charge in [0.1, 0.15) is 0 Å². The van der Waals surface area contributed by atoms with Crippen LogP contribution in [0.3, 0.4) is 0 Å². The van der Waals surface area contributed by atoms with Gasteiger partial charge in [0.15, 0.2) is 11.6 Å². The van der Waals surface area contributed by atoms with Gasteiger partial charge in [-0.15, -0.1) is 11.8 Å². The molecule has 2 aromatic carbocycles. The maximum absolute atomic E-state index is 13.5. The molecule has 5 heteroatoms. The van der Waals surface area contributed by atoms with Crippen molar-refractivity contribution in [3.8, 4) is 0 Å². The summed E-state index contributed by atoms with van der Waals surface area (Å²) < 4.78 is 26.5. The number of rotatable bonds is 5. The van der Waals surface area contributed by atoms with Crippen LogP contribution in [0, 0.1) is 11.6 Å². The number of hydrogen-bond acceptors (Lipinski definition) is 2. The van der Waals surface area contributed by atoms with Gasteiger partial charge in [-0.25, -0.2) is 8.78 Å². The van der Waals surface area contributed by atoms with Crippen molar-refractivity contribution >= 4 is 17.7 Å². The Morgan fingerprint density at radius 2 is 1.80 bits per heavy atom. The van der Waals surface area contributed by atoms with Crippen molar-refractivity contribution in [2.75, 3.05) is 0 Å². The van der Waals surface area contributed by atoms with Crippen LogP contribution in [0.1, 0.15) is 11.1 Å². The molecule has 0 bridgehead atoms. The second kappa shape index (κ2) is 6.52. The van der Waals surface area contributed by atoms with E-state index in [2.05, 4.69) is 0 Å². The number of halogens is 2. The number of carbonyl (C=O) groups is 1. The first-order valence-corrected chi connectivity index (χ1v) is 6.91. The van der Waals surface area contributed by atoms with Crippen LogP contribution < -0.4 is 0 Å². The molecule has 2 aromatic rings. The highest BCUT2D eigenvalue weighted by molar-refractivity contribution is 7.98. The van der Waals surface area contributed by atoms with Crippen LogP contribution in [0.25, 0.3) is 0 Å². The third-order valence-corrected chi connectivity index (χ3v) is 3.77. The summed E-state index contributed by atoms with van der Waals surface area (Å²) in [7, 11) is 0. The van der Waals surface area contributed by atoms with Crippen molar-refractivity contribution in [1.82, 2.24) is 0 Å². The minimum Gasteiger partial charge on any atom is -0.481 e. The predicted octanol–water partition coefficient (Wildman–Crippen LogP) is 3.88. The lowest BCUT2D eigenvalue weighted by molar-refractivity contribution is -0.136. The van der Waals surface area contributed by atoms with Crippen molar-refractivity contribution in [3.05, 3.63) is 65.2 Å². The van der Waals surface area contributed by atoms with E-state index in [0.29, 0.717) is 16.9 Å². The smallest absolute Gasteiger partial charge is 0.307 e. The lowest BCUT2D eigenvalue weighted by Gasteiger charge is -2.05. The van der Waals surface area contributed by atoms with Crippen molar-refractivity contribution in [3.63, 3.8) is 0 Å². The number of hydrogen-bond donors (Lipinski definition) is 1. The predicted molar refractivity (Wildman–Crippen MR) is 73.7 cm³/mol. The van der Waals surface area contributed by atoms with Crippen LogP contribution >= 0.6 is 11.8 Å². The number of benzene rings is 2. The molecule has 0 atom stereocenters. The molecule has 0 amide bonds. The minimum absolute atomic E-state index is 0.0243. The fourth-order valence-corrected chi connectivity index (χ4v) is 2.57. The van der Waals surface area contributed by atoms with Crippen molar-refractivity contribution in [1.29, 1.82) is 0 Å². The normalized spacial score (nSPS) is 10.5. The van der Waals surface area contributed by atoms with Gasteiger partial charge in [-0.3, -0.25) is 4.79 Å². The van der Waals surface area contributed by atoms with E-state index in [1.165, 1.54) is 17.8 Å². The molecule has 0 unspecified atom stereocenters. The van der Waals surface area contributed by atoms with Gasteiger partial charge in [0, 0.05) is 16.2 Å². The highest BCUT2D eigenvalue weighted by Gasteiger charge is 2.08. The average Bonchev–Trinajstić information content (AvgIpc) is 2.41. The molecule has 0 spiro atoms. The molecule has 0 radical (unpaired) electrons. The minimum atomic E-state index is -0.882. The summed E-state index contributed by atoms with van der Waals surface area (Å²) in [6, 6.07) is 11.1. The summed E-state index contributed by atoms with van der Waals surface area (Å²) in [5.74, 6) is -2.23. The molecule has 0 aromatic heterocycles. The standard InChI is InChI=1S/C15H12F2O2S/c16-13-3-1-2-11(15(13)17)9-20-12-6-4-10(5-7-12)8-14(18)19/h1-7H,8-9H2,(H,18,19). The third-order valence-electron chi connectivity index (χ3n) is 2.70. The molecular formula is C15H12F2O2S. The van der Waals surface area contributed by atoms with E-state index >= 15 is 0 Å². The molecule has 0 saturated carbocycles. The summed E-state index contributed by atoms with van der Waals surface area (Å²) in [6.07, 6.45) is -0.0243. The summed E-state index contributed by atoms with van der Waals surface area (Å²) in [5.41, 5.74) is 1.02. The molecular weight excluding hydrogens is 282 g/mol. The van der Waals surface area contributed by atoms with Crippen LogP contribution in [0.4, 0.5) is 8.78 Å². The molecule has 0 fully saturated rings. The van der Waals surface area contributed by atoms with Gasteiger partial charge in [-0.05, 0) is 23.8 Å². The van der Waals surface area contributed by atoms with Gasteiger partial charge in [0.05, 0.1) is 6.42 Å². The molecule has 0 aliphatic carbocycles. The fraction of sp³-hybridized carbons (Fsp3) is 0.133. The second-order valence-electron chi connectivity index (χ2n) is 4.22. The lowest BCUT2D eigenvalue weighted by atomic mass is 10.2. The summed E-state index contributed by atoms with van der Waals surface area (Å²) in [6.45, 7) is 0. The first-order chi connectivity index (χ1) is 9.56. The van der Waals surface area contributed by atoms with Crippen LogP contribution in [0.5, 0.6) is 0 Å². The molecule has 0 heterocycles. The monoisotopic (exact) mass is 294 g/mol. The van der Waals surface area contributed by atoms with E-state index in [4.69, 9.17) is 5.11 Å². The van der Waals surface area contributed by atoms with Gasteiger partial charge in [0.25, 0.3) is 0 Å². The van der Waals surface area contributed by atoms with Crippen molar-refractivity contribution < 1.29 is 18.7 Å². The summed E-state index contributed by atoms with van der Waals surface area (Å²) in [4.78, 5) is 11.4. The number of carboxylic acids is 1. The Morgan fingerprint density at radius 3 is 2.45 bits per heavy atom. The van der Waals surface area contributed by atoms with Crippen LogP contribution in [0.15, 0.2) is 47.4 Å². The third kappa shape index (κ3) is 3.81. The van der Waals surface area contributed by atoms with Gasteiger partial charge in [-0.1, -0.05) is 24.3 Å². The van der Waals surface area contributed by atoms with Crippen LogP contribution in [0.2, 0.25) is 0 Å². The molecule has 2 nitrogen and oxygen atoms in total. The van der Waals surface area contributed by atoms with Gasteiger partial charge in [0.2, 0.25) is 0 Å². The van der Waals surface area contributed by atoms with Crippen molar-refractivity contribution in [2.24, 2.45) is 0 Å². The van der Waals surface area contributed by atoms with E-state index in [0.717, 1.165) is 11.0 Å². The molecule has 0 saturated heterocycles. The Hall–Kier alpha value is -1.88. The highest BCUT2D eigenvalue weighted by atomic mass is 32.2. The maximum Gasteiger partial charge on any atom is 0.307 e. The Kier molecular flexibility index (Phi) is 4.74. The summed E-state index contributed by atoms with van der Waals surface area (Å²) in [5, 5.41) is 8.66. The Morgan fingerprint density at radius 1 is 1.10 bits per heavy atom. The van der Waals surface area contributed by atoms with E-state index in [9.17, 15) is 13.6 Å². The molecule has 20 heavy (non-hydrogen) atoms. The molecule has 2 rings (SSSR count). The van der Waals surface area contributed by atoms with Gasteiger partial charge < -0.3 is 5.11 Å². The Bertz CT molecular complexity index is 612. The Labute approximate surface area is 119 Å². The molecule has 104 valence electrons. The molecule has 0 aliphatic heterocycles. The van der Waals surface area contributed by atoms with E-state index in [1.807, 2.05) is 0 Å². The maximum atomic E-state index is 13.5. The number of aliphatic carboxylic acids is 1. The first-order valence-electron chi connectivity index (χ1n) is 5.92. The highest BCUT2D eigenvalue weighted by Crippen LogP contribution is 2.25. The second-order valence-corrected chi connectivity index (χ2v) is 5.26. The summed E-state index contributed by atoms with van der Waals surface area (Å²) >= 11 is 1.37. The first kappa shape index (κ1) is 14.5. The zero-order chi connectivity index (χ0) is 14.5. The zero-order valence-corrected chi connectivity index (χ0v) is 11.3. The van der Waals surface area contributed by atoms with Crippen LogP contribution in [-0.2, 0) is 17.0 Å². The van der Waals surface area contributed by atoms with E-state index in [-0.39, 0.29) is 6.42 Å². The van der Waals surface area contributed by atoms with Crippen LogP contribution in [-0.4, -0.2) is 11.1 Å². The largest absolute Gasteiger partial charge is 0.481 e. The Balaban J connectivity index is 2.00. The molecule has 0 aliphatic rings. The topological polar surface area (TPSA) is 37.3 Å². The number of thioether (sulfide) groups is 1. The quantitative estimate of drug-likeness (QED) is 0.850. The van der Waals surface area contributed by atoms with Gasteiger partial charge in [-0.2, -0.15) is 0 Å². The lowest BCUT2D eigenvalue weighted by Crippen LogP contribution is -1.99. The van der Waals surface area contributed by atoms with Gasteiger partial charge >= 0.3 is 5.97 Å². The van der Waals surface area contributed by atoms with Crippen molar-refractivity contribution in [2.45, 2.75) is 17.1 Å². The molecule has 1 N–H and O–H groups in total. The zero-order valence-electron chi connectivity index (χ0n) is 10.5. The van der Waals surface area contributed by atoms with E-state index in [1.54, 1.807) is 30.3 Å². The SMILES string of the molecule is O=C(O)Cc1ccc(SCc2cccc(F)c2F)cc1.